The molecule has 1 nitrogen and oxygen atoms in total. The van der Waals surface area contributed by atoms with Crippen LogP contribution in [-0.4, -0.2) is 7.11 Å². The molecule has 0 aromatic heterocycles. The molecule has 1 atom stereocenters. The van der Waals surface area contributed by atoms with Gasteiger partial charge in [-0.1, -0.05) is 24.3 Å². The second kappa shape index (κ2) is 6.09. The topological polar surface area (TPSA) is 9.23 Å². The molecule has 0 heterocycles. The van der Waals surface area contributed by atoms with Gasteiger partial charge in [0.1, 0.15) is 11.6 Å². The summed E-state index contributed by atoms with van der Waals surface area (Å²) in [5.41, 5.74) is 2.52. The summed E-state index contributed by atoms with van der Waals surface area (Å²) in [5.74, 6) is 0.140. The Labute approximate surface area is 130 Å². The molecule has 0 aliphatic carbocycles. The second-order valence-electron chi connectivity index (χ2n) is 4.23. The fraction of sp³-hybridized carbons (Fsp3) is 0.200. The summed E-state index contributed by atoms with van der Waals surface area (Å²) in [6, 6.07) is 10.6. The zero-order valence-corrected chi connectivity index (χ0v) is 13.5. The van der Waals surface area contributed by atoms with Gasteiger partial charge in [-0.25, -0.2) is 4.39 Å². The van der Waals surface area contributed by atoms with Crippen LogP contribution in [-0.2, 0) is 0 Å². The zero-order chi connectivity index (χ0) is 14.0. The summed E-state index contributed by atoms with van der Waals surface area (Å²) < 4.78 is 20.1. The number of ether oxygens (including phenoxy) is 1. The summed E-state index contributed by atoms with van der Waals surface area (Å²) in [5, 5.41) is -0.502. The van der Waals surface area contributed by atoms with E-state index in [-0.39, 0.29) is 5.82 Å². The summed E-state index contributed by atoms with van der Waals surface area (Å²) in [7, 11) is 1.51. The van der Waals surface area contributed by atoms with E-state index in [0.717, 1.165) is 14.7 Å². The van der Waals surface area contributed by atoms with Crippen LogP contribution in [0, 0.1) is 16.3 Å². The van der Waals surface area contributed by atoms with Crippen molar-refractivity contribution in [3.8, 4) is 5.75 Å². The minimum Gasteiger partial charge on any atom is -0.497 e. The van der Waals surface area contributed by atoms with Crippen LogP contribution >= 0.6 is 34.2 Å². The number of hydrogen-bond acceptors (Lipinski definition) is 1. The number of aryl methyl sites for hydroxylation is 1. The first-order valence-corrected chi connectivity index (χ1v) is 7.28. The van der Waals surface area contributed by atoms with Crippen molar-refractivity contribution in [1.82, 2.24) is 0 Å². The van der Waals surface area contributed by atoms with E-state index in [9.17, 15) is 4.39 Å². The molecule has 0 bridgehead atoms. The van der Waals surface area contributed by atoms with Gasteiger partial charge in [0.25, 0.3) is 0 Å². The molecule has 0 saturated heterocycles. The monoisotopic (exact) mass is 390 g/mol. The van der Waals surface area contributed by atoms with Crippen molar-refractivity contribution >= 4 is 34.2 Å². The summed E-state index contributed by atoms with van der Waals surface area (Å²) in [6.45, 7) is 2.01. The van der Waals surface area contributed by atoms with E-state index in [1.807, 2.05) is 25.1 Å². The molecule has 0 saturated carbocycles. The number of hydrogen-bond donors (Lipinski definition) is 0. The smallest absolute Gasteiger partial charge is 0.131 e. The Bertz CT molecular complexity index is 601. The van der Waals surface area contributed by atoms with Gasteiger partial charge in [0.05, 0.1) is 12.5 Å². The minimum atomic E-state index is -0.502. The van der Waals surface area contributed by atoms with Crippen molar-refractivity contribution in [3.63, 3.8) is 0 Å². The van der Waals surface area contributed by atoms with Crippen molar-refractivity contribution < 1.29 is 9.13 Å². The normalized spacial score (nSPS) is 12.3. The van der Waals surface area contributed by atoms with E-state index in [2.05, 4.69) is 22.6 Å². The van der Waals surface area contributed by atoms with Crippen LogP contribution in [0.3, 0.4) is 0 Å². The Balaban J connectivity index is 2.44. The molecule has 100 valence electrons. The highest BCUT2D eigenvalue weighted by Gasteiger charge is 2.18. The average molecular weight is 391 g/mol. The highest BCUT2D eigenvalue weighted by molar-refractivity contribution is 14.1. The van der Waals surface area contributed by atoms with Crippen LogP contribution in [0.4, 0.5) is 4.39 Å². The van der Waals surface area contributed by atoms with E-state index in [1.165, 1.54) is 13.2 Å². The molecule has 19 heavy (non-hydrogen) atoms. The van der Waals surface area contributed by atoms with Crippen LogP contribution < -0.4 is 4.74 Å². The van der Waals surface area contributed by atoms with Crippen molar-refractivity contribution in [1.29, 1.82) is 0 Å². The largest absolute Gasteiger partial charge is 0.497 e. The molecule has 2 aromatic rings. The van der Waals surface area contributed by atoms with E-state index < -0.39 is 5.38 Å². The van der Waals surface area contributed by atoms with E-state index in [0.29, 0.717) is 11.3 Å². The fourth-order valence-corrected chi connectivity index (χ4v) is 3.09. The summed E-state index contributed by atoms with van der Waals surface area (Å²) in [6.07, 6.45) is 0. The van der Waals surface area contributed by atoms with Crippen LogP contribution in [0.25, 0.3) is 0 Å². The maximum Gasteiger partial charge on any atom is 0.131 e. The third-order valence-electron chi connectivity index (χ3n) is 2.98. The Morgan fingerprint density at radius 3 is 2.58 bits per heavy atom. The number of halogens is 3. The number of methoxy groups -OCH3 is 1. The Morgan fingerprint density at radius 2 is 1.95 bits per heavy atom. The van der Waals surface area contributed by atoms with Gasteiger partial charge < -0.3 is 4.74 Å². The van der Waals surface area contributed by atoms with Crippen molar-refractivity contribution in [2.24, 2.45) is 0 Å². The maximum atomic E-state index is 14.0. The molecule has 0 fully saturated rings. The van der Waals surface area contributed by atoms with Gasteiger partial charge in [-0.2, -0.15) is 0 Å². The van der Waals surface area contributed by atoms with E-state index in [4.69, 9.17) is 16.3 Å². The summed E-state index contributed by atoms with van der Waals surface area (Å²) >= 11 is 8.67. The van der Waals surface area contributed by atoms with Crippen LogP contribution in [0.5, 0.6) is 5.75 Å². The van der Waals surface area contributed by atoms with Crippen LogP contribution in [0.2, 0.25) is 0 Å². The highest BCUT2D eigenvalue weighted by atomic mass is 127. The van der Waals surface area contributed by atoms with Gasteiger partial charge in [-0.05, 0) is 46.7 Å². The number of benzene rings is 2. The molecule has 4 heteroatoms. The standard InChI is InChI=1S/C15H13ClFIO/c1-9-4-3-5-12(15(9)18)14(16)11-7-6-10(19-2)8-13(11)17/h3-8,14H,1-2H3. The first-order valence-electron chi connectivity index (χ1n) is 5.77. The third kappa shape index (κ3) is 3.03. The van der Waals surface area contributed by atoms with Gasteiger partial charge in [-0.15, -0.1) is 11.6 Å². The van der Waals surface area contributed by atoms with Gasteiger partial charge >= 0.3 is 0 Å². The molecular weight excluding hydrogens is 378 g/mol. The van der Waals surface area contributed by atoms with Gasteiger partial charge in [0.15, 0.2) is 0 Å². The zero-order valence-electron chi connectivity index (χ0n) is 10.6. The first kappa shape index (κ1) is 14.6. The first-order chi connectivity index (χ1) is 9.04. The molecule has 0 spiro atoms. The van der Waals surface area contributed by atoms with Gasteiger partial charge in [0, 0.05) is 15.2 Å². The van der Waals surface area contributed by atoms with Crippen LogP contribution in [0.1, 0.15) is 22.1 Å². The molecule has 2 rings (SSSR count). The van der Waals surface area contributed by atoms with E-state index >= 15 is 0 Å². The predicted molar refractivity (Wildman–Crippen MR) is 84.5 cm³/mol. The van der Waals surface area contributed by atoms with Crippen LogP contribution in [0.15, 0.2) is 36.4 Å². The minimum absolute atomic E-state index is 0.350. The lowest BCUT2D eigenvalue weighted by Gasteiger charge is -2.15. The van der Waals surface area contributed by atoms with E-state index in [1.54, 1.807) is 12.1 Å². The maximum absolute atomic E-state index is 14.0. The quantitative estimate of drug-likeness (QED) is 0.525. The SMILES string of the molecule is COc1ccc(C(Cl)c2cccc(C)c2I)c(F)c1. The molecular formula is C15H13ClFIO. The fourth-order valence-electron chi connectivity index (χ4n) is 1.87. The molecule has 0 aliphatic heterocycles. The molecule has 0 amide bonds. The lowest BCUT2D eigenvalue weighted by molar-refractivity contribution is 0.410. The lowest BCUT2D eigenvalue weighted by Crippen LogP contribution is -2.01. The van der Waals surface area contributed by atoms with Crippen molar-refractivity contribution in [2.45, 2.75) is 12.3 Å². The molecule has 0 radical (unpaired) electrons. The predicted octanol–water partition coefficient (Wildman–Crippen LogP) is 5.08. The molecule has 1 unspecified atom stereocenters. The van der Waals surface area contributed by atoms with Crippen molar-refractivity contribution in [2.75, 3.05) is 7.11 Å². The Morgan fingerprint density at radius 1 is 1.21 bits per heavy atom. The molecule has 0 aliphatic rings. The number of alkyl halides is 1. The van der Waals surface area contributed by atoms with Gasteiger partial charge in [-0.3, -0.25) is 0 Å². The molecule has 0 N–H and O–H groups in total. The highest BCUT2D eigenvalue weighted by Crippen LogP contribution is 2.35. The average Bonchev–Trinajstić information content (AvgIpc) is 2.41. The second-order valence-corrected chi connectivity index (χ2v) is 5.74. The lowest BCUT2D eigenvalue weighted by atomic mass is 10.0. The number of rotatable bonds is 3. The summed E-state index contributed by atoms with van der Waals surface area (Å²) in [4.78, 5) is 0. The third-order valence-corrected chi connectivity index (χ3v) is 4.92. The Kier molecular flexibility index (Phi) is 4.68. The Hall–Kier alpha value is -0.810. The van der Waals surface area contributed by atoms with Gasteiger partial charge in [0.2, 0.25) is 0 Å². The van der Waals surface area contributed by atoms with Crippen molar-refractivity contribution in [3.05, 3.63) is 62.5 Å². The molecule has 2 aromatic carbocycles.